The molecule has 4 aromatic rings. The van der Waals surface area contributed by atoms with Crippen LogP contribution in [0.15, 0.2) is 79.0 Å². The van der Waals surface area contributed by atoms with E-state index in [4.69, 9.17) is 9.47 Å². The lowest BCUT2D eigenvalue weighted by Crippen LogP contribution is -2.38. The molecule has 47 heavy (non-hydrogen) atoms. The zero-order chi connectivity index (χ0) is 33.4. The van der Waals surface area contributed by atoms with E-state index in [1.54, 1.807) is 56.3 Å². The molecule has 1 heterocycles. The highest BCUT2D eigenvalue weighted by atomic mass is 35.5. The van der Waals surface area contributed by atoms with Gasteiger partial charge in [0.1, 0.15) is 24.2 Å². The van der Waals surface area contributed by atoms with Gasteiger partial charge in [0.05, 0.1) is 29.9 Å². The summed E-state index contributed by atoms with van der Waals surface area (Å²) in [6.07, 6.45) is -2.93. The molecular weight excluding hydrogens is 644 g/mol. The second kappa shape index (κ2) is 16.3. The number of carbonyl (C=O) groups excluding carboxylic acids is 3. The third kappa shape index (κ3) is 9.46. The van der Waals surface area contributed by atoms with Gasteiger partial charge in [0.25, 0.3) is 0 Å². The fraction of sp³-hybridized carbons (Fsp3) is 0.303. The van der Waals surface area contributed by atoms with E-state index in [0.29, 0.717) is 11.2 Å². The van der Waals surface area contributed by atoms with Crippen molar-refractivity contribution >= 4 is 52.6 Å². The van der Waals surface area contributed by atoms with Gasteiger partial charge >= 0.3 is 18.2 Å². The molecular formula is C33H35ClF4N4O5. The molecule has 3 aromatic carbocycles. The van der Waals surface area contributed by atoms with Crippen molar-refractivity contribution in [3.8, 4) is 5.75 Å². The molecule has 252 valence electrons. The van der Waals surface area contributed by atoms with Crippen molar-refractivity contribution in [1.29, 1.82) is 0 Å². The van der Waals surface area contributed by atoms with Gasteiger partial charge in [-0.15, -0.1) is 12.4 Å². The van der Waals surface area contributed by atoms with Crippen molar-refractivity contribution in [3.05, 3.63) is 90.4 Å². The number of amides is 2. The highest BCUT2D eigenvalue weighted by Gasteiger charge is 2.30. The molecule has 2 amide bonds. The lowest BCUT2D eigenvalue weighted by Gasteiger charge is -2.23. The largest absolute Gasteiger partial charge is 0.492 e. The molecule has 14 heteroatoms. The van der Waals surface area contributed by atoms with Crippen LogP contribution in [-0.4, -0.2) is 67.3 Å². The second-order valence-corrected chi connectivity index (χ2v) is 10.5. The average molecular weight is 679 g/mol. The number of carbonyl (C=O) groups is 3. The predicted octanol–water partition coefficient (Wildman–Crippen LogP) is 7.25. The number of fused-ring (bicyclic) bond motifs is 1. The number of benzene rings is 3. The number of rotatable bonds is 12. The lowest BCUT2D eigenvalue weighted by molar-refractivity contribution is -0.148. The number of ether oxygens (including phenoxy) is 2. The Kier molecular flexibility index (Phi) is 12.8. The number of esters is 1. The first-order chi connectivity index (χ1) is 21.9. The normalized spacial score (nSPS) is 11.9. The number of anilines is 2. The summed E-state index contributed by atoms with van der Waals surface area (Å²) in [7, 11) is 3.42. The smallest absolute Gasteiger partial charge is 0.416 e. The Balaban J connectivity index is 0.00000600. The SMILES string of the molecule is CCOC(=O)C(CCC(=O)n1cc(NC(=O)N(CCOc2ccc(C(F)(F)F)cc2)c2ccccc2)c2cc(F)ccc21)N(C)C.Cl. The predicted molar refractivity (Wildman–Crippen MR) is 173 cm³/mol. The van der Waals surface area contributed by atoms with E-state index in [9.17, 15) is 31.9 Å². The third-order valence-corrected chi connectivity index (χ3v) is 7.17. The number of para-hydroxylation sites is 1. The number of nitrogens with zero attached hydrogens (tertiary/aromatic N) is 3. The van der Waals surface area contributed by atoms with Gasteiger partial charge in [-0.1, -0.05) is 18.2 Å². The topological polar surface area (TPSA) is 93.1 Å². The van der Waals surface area contributed by atoms with E-state index >= 15 is 0 Å². The second-order valence-electron chi connectivity index (χ2n) is 10.5. The van der Waals surface area contributed by atoms with Gasteiger partial charge in [0.15, 0.2) is 0 Å². The van der Waals surface area contributed by atoms with Crippen LogP contribution in [0.2, 0.25) is 0 Å². The van der Waals surface area contributed by atoms with Gasteiger partial charge in [-0.3, -0.25) is 24.0 Å². The van der Waals surface area contributed by atoms with Crippen LogP contribution in [0.3, 0.4) is 0 Å². The van der Waals surface area contributed by atoms with E-state index in [1.807, 2.05) is 0 Å². The Morgan fingerprint density at radius 2 is 1.66 bits per heavy atom. The molecule has 1 N–H and O–H groups in total. The van der Waals surface area contributed by atoms with Gasteiger partial charge in [0, 0.05) is 23.7 Å². The van der Waals surface area contributed by atoms with Crippen LogP contribution >= 0.6 is 12.4 Å². The van der Waals surface area contributed by atoms with Gasteiger partial charge in [-0.05, 0) is 82.0 Å². The van der Waals surface area contributed by atoms with Crippen LogP contribution < -0.4 is 15.0 Å². The molecule has 0 aliphatic heterocycles. The maximum Gasteiger partial charge on any atom is 0.416 e. The zero-order valence-corrected chi connectivity index (χ0v) is 26.7. The van der Waals surface area contributed by atoms with E-state index in [-0.39, 0.29) is 67.7 Å². The molecule has 0 fully saturated rings. The Bertz CT molecular complexity index is 1660. The van der Waals surface area contributed by atoms with Gasteiger partial charge in [0.2, 0.25) is 5.91 Å². The number of nitrogens with one attached hydrogen (secondary N) is 1. The molecule has 1 aromatic heterocycles. The summed E-state index contributed by atoms with van der Waals surface area (Å²) < 4.78 is 65.1. The maximum absolute atomic E-state index is 14.4. The van der Waals surface area contributed by atoms with E-state index in [2.05, 4.69) is 5.32 Å². The molecule has 4 rings (SSSR count). The third-order valence-electron chi connectivity index (χ3n) is 7.17. The fourth-order valence-electron chi connectivity index (χ4n) is 4.85. The van der Waals surface area contributed by atoms with Crippen LogP contribution in [-0.2, 0) is 15.7 Å². The lowest BCUT2D eigenvalue weighted by atomic mass is 10.1. The summed E-state index contributed by atoms with van der Waals surface area (Å²) in [6.45, 7) is 1.84. The number of aromatic nitrogens is 1. The molecule has 1 atom stereocenters. The minimum absolute atomic E-state index is 0. The van der Waals surface area contributed by atoms with Gasteiger partial charge in [-0.25, -0.2) is 9.18 Å². The Labute approximate surface area is 275 Å². The number of hydrogen-bond donors (Lipinski definition) is 1. The standard InChI is InChI=1S/C33H34F4N4O5.ClH/c1-4-45-31(43)29(39(2)3)16-17-30(42)41-21-27(26-20-23(34)12-15-28(26)41)38-32(44)40(24-8-6-5-7-9-24)18-19-46-25-13-10-22(11-14-25)33(35,36)37;/h5-15,20-21,29H,4,16-19H2,1-3H3,(H,38,44);1H. The Hall–Kier alpha value is -4.62. The van der Waals surface area contributed by atoms with Crippen molar-refractivity contribution < 1.29 is 41.4 Å². The summed E-state index contributed by atoms with van der Waals surface area (Å²) in [5.41, 5.74) is 0.217. The molecule has 0 spiro atoms. The van der Waals surface area contributed by atoms with E-state index in [1.165, 1.54) is 46.0 Å². The number of likely N-dealkylation sites (N-methyl/N-ethyl adjacent to an activating group) is 1. The van der Waals surface area contributed by atoms with Crippen molar-refractivity contribution in [2.24, 2.45) is 0 Å². The molecule has 9 nitrogen and oxygen atoms in total. The number of alkyl halides is 3. The van der Waals surface area contributed by atoms with Crippen molar-refractivity contribution in [3.63, 3.8) is 0 Å². The zero-order valence-electron chi connectivity index (χ0n) is 25.9. The number of halogens is 5. The summed E-state index contributed by atoms with van der Waals surface area (Å²) in [6, 6.07) is 15.4. The maximum atomic E-state index is 14.4. The highest BCUT2D eigenvalue weighted by molar-refractivity contribution is 6.09. The van der Waals surface area contributed by atoms with Crippen LogP contribution in [0.5, 0.6) is 5.75 Å². The number of hydrogen-bond acceptors (Lipinski definition) is 6. The van der Waals surface area contributed by atoms with Crippen molar-refractivity contribution in [2.45, 2.75) is 32.0 Å². The Morgan fingerprint density at radius 1 is 0.979 bits per heavy atom. The summed E-state index contributed by atoms with van der Waals surface area (Å²) in [5, 5.41) is 3.04. The highest BCUT2D eigenvalue weighted by Crippen LogP contribution is 2.31. The van der Waals surface area contributed by atoms with Crippen molar-refractivity contribution in [1.82, 2.24) is 9.47 Å². The van der Waals surface area contributed by atoms with Crippen LogP contribution in [0.25, 0.3) is 10.9 Å². The summed E-state index contributed by atoms with van der Waals surface area (Å²) in [4.78, 5) is 42.4. The first kappa shape index (κ1) is 36.8. The van der Waals surface area contributed by atoms with E-state index in [0.717, 1.165) is 12.1 Å². The monoisotopic (exact) mass is 678 g/mol. The molecule has 0 aliphatic carbocycles. The van der Waals surface area contributed by atoms with Crippen LogP contribution in [0, 0.1) is 5.82 Å². The molecule has 0 saturated heterocycles. The summed E-state index contributed by atoms with van der Waals surface area (Å²) in [5.74, 6) is -1.21. The molecule has 0 radical (unpaired) electrons. The molecule has 0 aliphatic rings. The average Bonchev–Trinajstić information content (AvgIpc) is 3.36. The van der Waals surface area contributed by atoms with Crippen molar-refractivity contribution in [2.75, 3.05) is 44.1 Å². The first-order valence-electron chi connectivity index (χ1n) is 14.5. The van der Waals surface area contributed by atoms with E-state index < -0.39 is 35.6 Å². The van der Waals surface area contributed by atoms with Gasteiger partial charge < -0.3 is 14.8 Å². The molecule has 1 unspecified atom stereocenters. The molecule has 0 saturated carbocycles. The minimum atomic E-state index is -4.48. The summed E-state index contributed by atoms with van der Waals surface area (Å²) >= 11 is 0. The van der Waals surface area contributed by atoms with Crippen LogP contribution in [0.4, 0.5) is 33.7 Å². The first-order valence-corrected chi connectivity index (χ1v) is 14.5. The van der Waals surface area contributed by atoms with Crippen LogP contribution in [0.1, 0.15) is 30.1 Å². The number of urea groups is 1. The quantitative estimate of drug-likeness (QED) is 0.125. The Morgan fingerprint density at radius 3 is 2.28 bits per heavy atom. The minimum Gasteiger partial charge on any atom is -0.492 e. The van der Waals surface area contributed by atoms with Gasteiger partial charge in [-0.2, -0.15) is 13.2 Å². The fourth-order valence-corrected chi connectivity index (χ4v) is 4.85. The molecule has 0 bridgehead atoms.